The highest BCUT2D eigenvalue weighted by Crippen LogP contribution is 2.06. The maximum Gasteiger partial charge on any atom is 0.123 e. The molecule has 0 radical (unpaired) electrons. The maximum absolute atomic E-state index is 12.4. The molecule has 0 atom stereocenters. The van der Waals surface area contributed by atoms with E-state index in [2.05, 4.69) is 31.9 Å². The van der Waals surface area contributed by atoms with Gasteiger partial charge in [0.15, 0.2) is 0 Å². The third kappa shape index (κ3) is 8.64. The summed E-state index contributed by atoms with van der Waals surface area (Å²) in [5.74, 6) is -0.319. The number of rotatable bonds is 6. The Morgan fingerprint density at radius 2 is 0.909 bits per heavy atom. The molecule has 4 heteroatoms. The van der Waals surface area contributed by atoms with Gasteiger partial charge >= 0.3 is 0 Å². The molecule has 120 valence electrons. The van der Waals surface area contributed by atoms with E-state index in [0.717, 1.165) is 36.3 Å². The van der Waals surface area contributed by atoms with Crippen LogP contribution >= 0.6 is 31.9 Å². The fraction of sp³-hybridized carbons (Fsp3) is 0.333. The summed E-state index contributed by atoms with van der Waals surface area (Å²) in [6.45, 7) is 0. The number of halogens is 4. The molecule has 0 saturated carbocycles. The zero-order valence-electron chi connectivity index (χ0n) is 12.4. The summed E-state index contributed by atoms with van der Waals surface area (Å²) in [7, 11) is 0. The average Bonchev–Trinajstić information content (AvgIpc) is 2.54. The SMILES string of the molecule is Fc1ccc(CCCBr)cc1.Fc1ccc(CCCBr)cc1. The fourth-order valence-electron chi connectivity index (χ4n) is 1.84. The number of benzene rings is 2. The predicted molar refractivity (Wildman–Crippen MR) is 97.0 cm³/mol. The lowest BCUT2D eigenvalue weighted by atomic mass is 10.1. The van der Waals surface area contributed by atoms with Crippen LogP contribution in [0.4, 0.5) is 8.78 Å². The quantitative estimate of drug-likeness (QED) is 0.468. The second-order valence-corrected chi connectivity index (χ2v) is 6.42. The summed E-state index contributed by atoms with van der Waals surface area (Å²) in [6, 6.07) is 13.3. The molecule has 0 unspecified atom stereocenters. The smallest absolute Gasteiger partial charge is 0.123 e. The van der Waals surface area contributed by atoms with Crippen LogP contribution < -0.4 is 0 Å². The van der Waals surface area contributed by atoms with Gasteiger partial charge in [0, 0.05) is 10.7 Å². The van der Waals surface area contributed by atoms with Crippen LogP contribution in [-0.2, 0) is 12.8 Å². The van der Waals surface area contributed by atoms with E-state index in [0.29, 0.717) is 0 Å². The van der Waals surface area contributed by atoms with Crippen LogP contribution in [0.15, 0.2) is 48.5 Å². The van der Waals surface area contributed by atoms with Crippen LogP contribution in [-0.4, -0.2) is 10.7 Å². The molecule has 0 aromatic heterocycles. The van der Waals surface area contributed by atoms with Crippen LogP contribution in [0.2, 0.25) is 0 Å². The molecule has 0 bridgehead atoms. The van der Waals surface area contributed by atoms with Crippen LogP contribution in [0.3, 0.4) is 0 Å². The average molecular weight is 434 g/mol. The second-order valence-electron chi connectivity index (χ2n) is 4.84. The van der Waals surface area contributed by atoms with Gasteiger partial charge < -0.3 is 0 Å². The molecule has 0 aliphatic carbocycles. The Labute approximate surface area is 148 Å². The van der Waals surface area contributed by atoms with E-state index in [-0.39, 0.29) is 11.6 Å². The van der Waals surface area contributed by atoms with Gasteiger partial charge in [-0.3, -0.25) is 0 Å². The Morgan fingerprint density at radius 3 is 1.18 bits per heavy atom. The monoisotopic (exact) mass is 432 g/mol. The lowest BCUT2D eigenvalue weighted by molar-refractivity contribution is 0.626. The van der Waals surface area contributed by atoms with Crippen LogP contribution in [0.5, 0.6) is 0 Å². The third-order valence-corrected chi connectivity index (χ3v) is 4.15. The highest BCUT2D eigenvalue weighted by Gasteiger charge is 1.93. The standard InChI is InChI=1S/2C9H10BrF/c2*10-7-1-2-8-3-5-9(11)6-4-8/h2*3-6H,1-2,7H2. The maximum atomic E-state index is 12.4. The number of hydrogen-bond acceptors (Lipinski definition) is 0. The van der Waals surface area contributed by atoms with Gasteiger partial charge in [0.1, 0.15) is 11.6 Å². The summed E-state index contributed by atoms with van der Waals surface area (Å²) in [6.07, 6.45) is 4.24. The highest BCUT2D eigenvalue weighted by molar-refractivity contribution is 9.09. The lowest BCUT2D eigenvalue weighted by Crippen LogP contribution is -1.85. The van der Waals surface area contributed by atoms with Crippen molar-refractivity contribution in [1.29, 1.82) is 0 Å². The topological polar surface area (TPSA) is 0 Å². The number of hydrogen-bond donors (Lipinski definition) is 0. The molecular formula is C18H20Br2F2. The molecule has 0 aliphatic heterocycles. The zero-order valence-corrected chi connectivity index (χ0v) is 15.5. The van der Waals surface area contributed by atoms with E-state index in [4.69, 9.17) is 0 Å². The van der Waals surface area contributed by atoms with E-state index in [9.17, 15) is 8.78 Å². The molecule has 22 heavy (non-hydrogen) atoms. The first-order valence-electron chi connectivity index (χ1n) is 7.26. The molecule has 2 aromatic rings. The van der Waals surface area contributed by atoms with Gasteiger partial charge in [-0.2, -0.15) is 0 Å². The zero-order chi connectivity index (χ0) is 16.2. The molecule has 0 saturated heterocycles. The van der Waals surface area contributed by atoms with Crippen LogP contribution in [0.25, 0.3) is 0 Å². The van der Waals surface area contributed by atoms with E-state index in [1.54, 1.807) is 0 Å². The first-order chi connectivity index (χ1) is 10.7. The van der Waals surface area contributed by atoms with Crippen molar-refractivity contribution in [1.82, 2.24) is 0 Å². The molecular weight excluding hydrogens is 414 g/mol. The Kier molecular flexibility index (Phi) is 10.3. The van der Waals surface area contributed by atoms with Crippen molar-refractivity contribution in [3.05, 3.63) is 71.3 Å². The molecule has 0 aliphatic rings. The molecule has 0 heterocycles. The third-order valence-electron chi connectivity index (χ3n) is 3.02. The Bertz CT molecular complexity index is 460. The lowest BCUT2D eigenvalue weighted by Gasteiger charge is -1.97. The van der Waals surface area contributed by atoms with E-state index < -0.39 is 0 Å². The summed E-state index contributed by atoms with van der Waals surface area (Å²) in [5.41, 5.74) is 2.40. The van der Waals surface area contributed by atoms with E-state index in [1.807, 2.05) is 24.3 Å². The Morgan fingerprint density at radius 1 is 0.591 bits per heavy atom. The molecule has 2 rings (SSSR count). The van der Waals surface area contributed by atoms with Crippen molar-refractivity contribution in [2.45, 2.75) is 25.7 Å². The number of alkyl halides is 2. The van der Waals surface area contributed by atoms with E-state index >= 15 is 0 Å². The van der Waals surface area contributed by atoms with Crippen molar-refractivity contribution < 1.29 is 8.78 Å². The number of aryl methyl sites for hydroxylation is 2. The van der Waals surface area contributed by atoms with Crippen LogP contribution in [0, 0.1) is 11.6 Å². The van der Waals surface area contributed by atoms with Gasteiger partial charge in [0.2, 0.25) is 0 Å². The largest absolute Gasteiger partial charge is 0.207 e. The van der Waals surface area contributed by atoms with Gasteiger partial charge in [-0.1, -0.05) is 56.1 Å². The molecule has 0 N–H and O–H groups in total. The Balaban J connectivity index is 0.000000220. The van der Waals surface area contributed by atoms with Gasteiger partial charge in [0.05, 0.1) is 0 Å². The molecule has 0 nitrogen and oxygen atoms in total. The summed E-state index contributed by atoms with van der Waals surface area (Å²) >= 11 is 6.69. The molecule has 0 fully saturated rings. The summed E-state index contributed by atoms with van der Waals surface area (Å²) in [5, 5.41) is 2.01. The minimum atomic E-state index is -0.160. The van der Waals surface area contributed by atoms with Gasteiger partial charge in [-0.05, 0) is 61.1 Å². The minimum Gasteiger partial charge on any atom is -0.207 e. The van der Waals surface area contributed by atoms with Crippen molar-refractivity contribution in [2.24, 2.45) is 0 Å². The van der Waals surface area contributed by atoms with Gasteiger partial charge in [0.25, 0.3) is 0 Å². The summed E-state index contributed by atoms with van der Waals surface area (Å²) in [4.78, 5) is 0. The molecule has 0 amide bonds. The predicted octanol–water partition coefficient (Wildman–Crippen LogP) is 6.31. The minimum absolute atomic E-state index is 0.160. The van der Waals surface area contributed by atoms with Gasteiger partial charge in [-0.25, -0.2) is 8.78 Å². The molecule has 2 aromatic carbocycles. The van der Waals surface area contributed by atoms with Crippen molar-refractivity contribution in [3.63, 3.8) is 0 Å². The highest BCUT2D eigenvalue weighted by atomic mass is 79.9. The summed E-state index contributed by atoms with van der Waals surface area (Å²) < 4.78 is 24.8. The Hall–Kier alpha value is -0.740. The normalized spacial score (nSPS) is 10.0. The molecule has 0 spiro atoms. The van der Waals surface area contributed by atoms with E-state index in [1.165, 1.54) is 35.4 Å². The first-order valence-corrected chi connectivity index (χ1v) is 9.51. The fourth-order valence-corrected chi connectivity index (χ4v) is 2.40. The first kappa shape index (κ1) is 19.3. The van der Waals surface area contributed by atoms with Crippen molar-refractivity contribution in [2.75, 3.05) is 10.7 Å². The van der Waals surface area contributed by atoms with Crippen LogP contribution in [0.1, 0.15) is 24.0 Å². The van der Waals surface area contributed by atoms with Crippen molar-refractivity contribution in [3.8, 4) is 0 Å². The van der Waals surface area contributed by atoms with Gasteiger partial charge in [-0.15, -0.1) is 0 Å². The second kappa shape index (κ2) is 11.8. The van der Waals surface area contributed by atoms with Crippen molar-refractivity contribution >= 4 is 31.9 Å².